The second kappa shape index (κ2) is 8.46. The lowest BCUT2D eigenvalue weighted by Gasteiger charge is -2.28. The molecule has 3 aromatic heterocycles. The Labute approximate surface area is 184 Å². The molecule has 31 heavy (non-hydrogen) atoms. The summed E-state index contributed by atoms with van der Waals surface area (Å²) < 4.78 is 9.62. The summed E-state index contributed by atoms with van der Waals surface area (Å²) in [5.41, 5.74) is 4.86. The number of thioether (sulfide) groups is 1. The zero-order valence-corrected chi connectivity index (χ0v) is 18.0. The van der Waals surface area contributed by atoms with Crippen molar-refractivity contribution in [3.8, 4) is 11.8 Å². The van der Waals surface area contributed by atoms with Gasteiger partial charge >= 0.3 is 0 Å². The van der Waals surface area contributed by atoms with E-state index in [0.717, 1.165) is 41.0 Å². The van der Waals surface area contributed by atoms with Crippen LogP contribution in [0.5, 0.6) is 0 Å². The molecule has 5 rings (SSSR count). The number of hydrogen-bond acceptors (Lipinski definition) is 6. The van der Waals surface area contributed by atoms with Crippen molar-refractivity contribution < 1.29 is 4.74 Å². The monoisotopic (exact) mass is 430 g/mol. The van der Waals surface area contributed by atoms with E-state index in [9.17, 15) is 5.26 Å². The predicted molar refractivity (Wildman–Crippen MR) is 121 cm³/mol. The zero-order chi connectivity index (χ0) is 21.2. The lowest BCUT2D eigenvalue weighted by Crippen LogP contribution is -2.37. The van der Waals surface area contributed by atoms with Gasteiger partial charge in [-0.1, -0.05) is 35.5 Å². The van der Waals surface area contributed by atoms with Crippen molar-refractivity contribution in [1.82, 2.24) is 19.2 Å². The van der Waals surface area contributed by atoms with Crippen LogP contribution in [0.25, 0.3) is 11.2 Å². The number of ether oxygens (including phenoxy) is 1. The van der Waals surface area contributed by atoms with Crippen molar-refractivity contribution in [1.29, 1.82) is 5.26 Å². The van der Waals surface area contributed by atoms with Gasteiger partial charge in [0, 0.05) is 31.2 Å². The minimum absolute atomic E-state index is 0.637. The quantitative estimate of drug-likeness (QED) is 0.448. The number of nitrogens with zero attached hydrogens (tertiary/aromatic N) is 6. The Hall–Kier alpha value is -3.28. The SMILES string of the molecule is Cc1ccc(-n2c(SCc3cn4ccccc4c3C#N)nnc2N2CCOCC2)cc1. The fourth-order valence-electron chi connectivity index (χ4n) is 3.80. The van der Waals surface area contributed by atoms with Gasteiger partial charge in [0.05, 0.1) is 30.0 Å². The lowest BCUT2D eigenvalue weighted by molar-refractivity contribution is 0.122. The highest BCUT2D eigenvalue weighted by Crippen LogP contribution is 2.31. The second-order valence-electron chi connectivity index (χ2n) is 7.48. The first-order chi connectivity index (χ1) is 15.2. The number of nitriles is 1. The average Bonchev–Trinajstić information content (AvgIpc) is 3.39. The van der Waals surface area contributed by atoms with Gasteiger partial charge in [-0.25, -0.2) is 0 Å². The van der Waals surface area contributed by atoms with Gasteiger partial charge in [-0.05, 0) is 36.8 Å². The third-order valence-electron chi connectivity index (χ3n) is 5.43. The van der Waals surface area contributed by atoms with E-state index in [0.29, 0.717) is 24.5 Å². The lowest BCUT2D eigenvalue weighted by atomic mass is 10.2. The van der Waals surface area contributed by atoms with Crippen LogP contribution in [-0.2, 0) is 10.5 Å². The molecule has 1 aliphatic rings. The molecule has 1 fully saturated rings. The number of pyridine rings is 1. The van der Waals surface area contributed by atoms with Crippen molar-refractivity contribution in [3.63, 3.8) is 0 Å². The van der Waals surface area contributed by atoms with Crippen LogP contribution in [0.1, 0.15) is 16.7 Å². The van der Waals surface area contributed by atoms with Crippen molar-refractivity contribution in [2.75, 3.05) is 31.2 Å². The third-order valence-corrected chi connectivity index (χ3v) is 6.41. The van der Waals surface area contributed by atoms with Gasteiger partial charge in [0.15, 0.2) is 5.16 Å². The Bertz CT molecular complexity index is 1250. The second-order valence-corrected chi connectivity index (χ2v) is 8.42. The summed E-state index contributed by atoms with van der Waals surface area (Å²) in [5.74, 6) is 1.47. The average molecular weight is 431 g/mol. The predicted octanol–water partition coefficient (Wildman–Crippen LogP) is 3.83. The minimum Gasteiger partial charge on any atom is -0.378 e. The highest BCUT2D eigenvalue weighted by Gasteiger charge is 2.22. The van der Waals surface area contributed by atoms with Crippen LogP contribution in [0.4, 0.5) is 5.95 Å². The summed E-state index contributed by atoms with van der Waals surface area (Å²) in [5, 5.41) is 19.6. The van der Waals surface area contributed by atoms with Crippen LogP contribution < -0.4 is 4.90 Å². The molecule has 0 amide bonds. The number of aromatic nitrogens is 4. The smallest absolute Gasteiger partial charge is 0.232 e. The molecule has 0 aliphatic carbocycles. The molecule has 0 saturated carbocycles. The molecular formula is C23H22N6OS. The van der Waals surface area contributed by atoms with Gasteiger partial charge in [0.25, 0.3) is 0 Å². The molecule has 0 N–H and O–H groups in total. The molecule has 0 radical (unpaired) electrons. The first-order valence-corrected chi connectivity index (χ1v) is 11.2. The van der Waals surface area contributed by atoms with E-state index in [2.05, 4.69) is 56.9 Å². The standard InChI is InChI=1S/C23H22N6OS/c1-17-5-7-19(8-6-17)29-22(27-10-12-30-13-11-27)25-26-23(29)31-16-18-15-28-9-3-2-4-21(28)20(18)14-24/h2-9,15H,10-13,16H2,1H3. The van der Waals surface area contributed by atoms with E-state index >= 15 is 0 Å². The summed E-state index contributed by atoms with van der Waals surface area (Å²) in [6, 6.07) is 16.6. The summed E-state index contributed by atoms with van der Waals surface area (Å²) in [6.45, 7) is 5.03. The zero-order valence-electron chi connectivity index (χ0n) is 17.2. The van der Waals surface area contributed by atoms with Gasteiger partial charge in [0.1, 0.15) is 6.07 Å². The van der Waals surface area contributed by atoms with Crippen LogP contribution in [0.2, 0.25) is 0 Å². The van der Waals surface area contributed by atoms with E-state index in [1.54, 1.807) is 11.8 Å². The van der Waals surface area contributed by atoms with E-state index in [4.69, 9.17) is 4.74 Å². The highest BCUT2D eigenvalue weighted by molar-refractivity contribution is 7.98. The first-order valence-electron chi connectivity index (χ1n) is 10.2. The van der Waals surface area contributed by atoms with Gasteiger partial charge in [-0.15, -0.1) is 10.2 Å². The molecule has 0 unspecified atom stereocenters. The molecule has 7 nitrogen and oxygen atoms in total. The molecule has 1 saturated heterocycles. The van der Waals surface area contributed by atoms with Crippen LogP contribution in [0.3, 0.4) is 0 Å². The minimum atomic E-state index is 0.637. The Morgan fingerprint density at radius 1 is 1.10 bits per heavy atom. The number of benzene rings is 1. The Morgan fingerprint density at radius 3 is 2.68 bits per heavy atom. The van der Waals surface area contributed by atoms with Crippen molar-refractivity contribution >= 4 is 23.2 Å². The largest absolute Gasteiger partial charge is 0.378 e. The van der Waals surface area contributed by atoms with Crippen molar-refractivity contribution in [2.45, 2.75) is 17.8 Å². The number of fused-ring (bicyclic) bond motifs is 1. The maximum atomic E-state index is 9.71. The fraction of sp³-hybridized carbons (Fsp3) is 0.261. The van der Waals surface area contributed by atoms with Crippen LogP contribution in [0.15, 0.2) is 60.0 Å². The summed E-state index contributed by atoms with van der Waals surface area (Å²) in [4.78, 5) is 2.22. The van der Waals surface area contributed by atoms with E-state index in [1.807, 2.05) is 35.0 Å². The molecule has 0 spiro atoms. The van der Waals surface area contributed by atoms with Crippen molar-refractivity contribution in [3.05, 3.63) is 71.5 Å². The Morgan fingerprint density at radius 2 is 1.90 bits per heavy atom. The van der Waals surface area contributed by atoms with Crippen LogP contribution >= 0.6 is 11.8 Å². The van der Waals surface area contributed by atoms with E-state index < -0.39 is 0 Å². The maximum Gasteiger partial charge on any atom is 0.232 e. The maximum absolute atomic E-state index is 9.71. The number of aryl methyl sites for hydroxylation is 1. The summed E-state index contributed by atoms with van der Waals surface area (Å²) in [7, 11) is 0. The van der Waals surface area contributed by atoms with Gasteiger partial charge in [-0.3, -0.25) is 4.57 Å². The highest BCUT2D eigenvalue weighted by atomic mass is 32.2. The van der Waals surface area contributed by atoms with Gasteiger partial charge in [0.2, 0.25) is 5.95 Å². The molecule has 156 valence electrons. The molecular weight excluding hydrogens is 408 g/mol. The topological polar surface area (TPSA) is 71.4 Å². The van der Waals surface area contributed by atoms with Gasteiger partial charge < -0.3 is 14.0 Å². The molecule has 8 heteroatoms. The molecule has 0 bridgehead atoms. The molecule has 0 atom stereocenters. The molecule has 1 aliphatic heterocycles. The number of morpholine rings is 1. The van der Waals surface area contributed by atoms with Crippen LogP contribution in [-0.4, -0.2) is 45.5 Å². The number of anilines is 1. The number of rotatable bonds is 5. The first kappa shape index (κ1) is 19.7. The summed E-state index contributed by atoms with van der Waals surface area (Å²) >= 11 is 1.60. The van der Waals surface area contributed by atoms with E-state index in [1.165, 1.54) is 5.56 Å². The Balaban J connectivity index is 1.50. The summed E-state index contributed by atoms with van der Waals surface area (Å²) in [6.07, 6.45) is 3.99. The third kappa shape index (κ3) is 3.78. The molecule has 4 heterocycles. The normalized spacial score (nSPS) is 14.1. The van der Waals surface area contributed by atoms with E-state index in [-0.39, 0.29) is 0 Å². The Kier molecular flexibility index (Phi) is 5.37. The fourth-order valence-corrected chi connectivity index (χ4v) is 4.72. The van der Waals surface area contributed by atoms with Gasteiger partial charge in [-0.2, -0.15) is 5.26 Å². The number of hydrogen-bond donors (Lipinski definition) is 0. The van der Waals surface area contributed by atoms with Crippen LogP contribution in [0, 0.1) is 18.3 Å². The molecule has 4 aromatic rings. The van der Waals surface area contributed by atoms with Crippen molar-refractivity contribution in [2.24, 2.45) is 0 Å². The molecule has 1 aromatic carbocycles.